The fourth-order valence-corrected chi connectivity index (χ4v) is 27.1. The Kier molecular flexibility index (Phi) is 6.60. The van der Waals surface area contributed by atoms with E-state index in [1.165, 1.54) is 24.0 Å². The zero-order valence-corrected chi connectivity index (χ0v) is 20.2. The summed E-state index contributed by atoms with van der Waals surface area (Å²) in [5, 5.41) is 0. The monoisotopic (exact) mass is 498 g/mol. The Morgan fingerprint density at radius 2 is 1.10 bits per heavy atom. The van der Waals surface area contributed by atoms with Crippen molar-refractivity contribution in [3.05, 3.63) is 41.1 Å². The van der Waals surface area contributed by atoms with E-state index >= 15 is 0 Å². The van der Waals surface area contributed by atoms with Gasteiger partial charge in [-0.15, -0.1) is 24.8 Å². The molecule has 0 aromatic heterocycles. The van der Waals surface area contributed by atoms with Crippen LogP contribution in [0.1, 0.15) is 40.5 Å². The molecule has 0 aliphatic heterocycles. The van der Waals surface area contributed by atoms with Crippen LogP contribution in [0.2, 0.25) is 9.36 Å². The van der Waals surface area contributed by atoms with Crippen LogP contribution in [0.3, 0.4) is 0 Å². The first-order chi connectivity index (χ1) is 8.13. The molecule has 0 radical (unpaired) electrons. The first-order valence-electron chi connectivity index (χ1n) is 6.95. The van der Waals surface area contributed by atoms with Crippen molar-refractivity contribution < 1.29 is 17.1 Å². The second-order valence-corrected chi connectivity index (χ2v) is 48.1. The third-order valence-corrected chi connectivity index (χ3v) is 30.3. The fourth-order valence-electron chi connectivity index (χ4n) is 3.64. The predicted molar refractivity (Wildman–Crippen MR) is 96.9 cm³/mol. The topological polar surface area (TPSA) is 0 Å². The van der Waals surface area contributed by atoms with E-state index in [1.807, 2.05) is 6.66 Å². The van der Waals surface area contributed by atoms with E-state index in [4.69, 9.17) is 0 Å². The Hall–Kier alpha value is 0.627. The summed E-state index contributed by atoms with van der Waals surface area (Å²) in [7, 11) is 0. The smallest absolute Gasteiger partial charge is 0.147 e. The van der Waals surface area contributed by atoms with Crippen LogP contribution in [0.15, 0.2) is 41.1 Å². The molecular weight excluding hydrogens is 470 g/mol. The quantitative estimate of drug-likeness (QED) is 0.447. The second-order valence-electron chi connectivity index (χ2n) is 7.08. The molecule has 2 rings (SSSR count). The van der Waals surface area contributed by atoms with Crippen LogP contribution in [0, 0.1) is 0 Å². The van der Waals surface area contributed by atoms with Gasteiger partial charge in [0, 0.05) is 0 Å². The Bertz CT molecular complexity index is 564. The van der Waals surface area contributed by atoms with E-state index < -0.39 is 17.1 Å². The molecule has 0 fully saturated rings. The minimum atomic E-state index is -2.97. The molecule has 0 aromatic rings. The number of rotatable bonds is 2. The van der Waals surface area contributed by atoms with Gasteiger partial charge in [-0.05, 0) is 0 Å². The maximum atomic E-state index is 2.65. The summed E-state index contributed by atoms with van der Waals surface area (Å²) in [5.74, 6) is 0. The molecular formula is C16H28Cl2HfSi. The standard InChI is InChI=1S/2C7H9.2CH3.2ClH.Hf.H2Si/c2*1-6-4-3-5-7(6)2;;;;;;/h2*4H,3H2,1-2H3;2*1H3;2*1H;;1H2. The van der Waals surface area contributed by atoms with Crippen molar-refractivity contribution in [1.82, 2.24) is 0 Å². The van der Waals surface area contributed by atoms with Gasteiger partial charge in [-0.3, -0.25) is 0 Å². The van der Waals surface area contributed by atoms with Crippen molar-refractivity contribution in [2.24, 2.45) is 0 Å². The van der Waals surface area contributed by atoms with E-state index in [0.29, 0.717) is 0 Å². The van der Waals surface area contributed by atoms with Crippen molar-refractivity contribution in [2.75, 3.05) is 0 Å². The molecule has 20 heavy (non-hydrogen) atoms. The molecule has 0 saturated carbocycles. The third-order valence-electron chi connectivity index (χ3n) is 5.25. The van der Waals surface area contributed by atoms with Gasteiger partial charge in [-0.2, -0.15) is 0 Å². The number of halogens is 2. The average Bonchev–Trinajstić information content (AvgIpc) is 2.74. The van der Waals surface area contributed by atoms with Gasteiger partial charge in [0.15, 0.2) is 0 Å². The summed E-state index contributed by atoms with van der Waals surface area (Å²) < 4.78 is 8.96. The van der Waals surface area contributed by atoms with Gasteiger partial charge in [0.2, 0.25) is 0 Å². The zero-order valence-electron chi connectivity index (χ0n) is 13.6. The van der Waals surface area contributed by atoms with Gasteiger partial charge in [0.25, 0.3) is 0 Å². The van der Waals surface area contributed by atoms with Crippen molar-refractivity contribution in [1.29, 1.82) is 0 Å². The predicted octanol–water partition coefficient (Wildman–Crippen LogP) is 5.41. The average molecular weight is 498 g/mol. The summed E-state index contributed by atoms with van der Waals surface area (Å²) >= 11 is -2.97. The molecule has 0 unspecified atom stereocenters. The van der Waals surface area contributed by atoms with Crippen molar-refractivity contribution >= 4 is 31.8 Å². The molecule has 0 saturated heterocycles. The molecule has 0 spiro atoms. The van der Waals surface area contributed by atoms with E-state index in [2.05, 4.69) is 56.1 Å². The van der Waals surface area contributed by atoms with Gasteiger partial charge in [0.1, 0.15) is 0 Å². The van der Waals surface area contributed by atoms with Gasteiger partial charge in [0.05, 0.1) is 0 Å². The normalized spacial score (nSPS) is 19.6. The first-order valence-corrected chi connectivity index (χ1v) is 26.1. The Morgan fingerprint density at radius 3 is 1.30 bits per heavy atom. The number of hydrogen-bond acceptors (Lipinski definition) is 0. The Balaban J connectivity index is 0.00000180. The summed E-state index contributed by atoms with van der Waals surface area (Å²) in [5.41, 5.74) is 6.25. The largest absolute Gasteiger partial charge is 0.147 e. The van der Waals surface area contributed by atoms with Crippen LogP contribution < -0.4 is 0 Å². The van der Waals surface area contributed by atoms with Gasteiger partial charge in [-0.1, -0.05) is 0 Å². The summed E-state index contributed by atoms with van der Waals surface area (Å²) in [6.07, 6.45) is 7.32. The molecule has 0 N–H and O–H groups in total. The van der Waals surface area contributed by atoms with Crippen LogP contribution in [0.4, 0.5) is 0 Å². The minimum absolute atomic E-state index is 0. The van der Waals surface area contributed by atoms with E-state index in [1.54, 1.807) is 11.1 Å². The van der Waals surface area contributed by atoms with Crippen LogP contribution in [-0.4, -0.2) is 6.94 Å². The van der Waals surface area contributed by atoms with Crippen LogP contribution in [0.25, 0.3) is 0 Å². The summed E-state index contributed by atoms with van der Waals surface area (Å²) in [4.78, 5) is 0. The second kappa shape index (κ2) is 6.40. The summed E-state index contributed by atoms with van der Waals surface area (Å²) in [6, 6.07) is 0. The molecule has 2 aliphatic carbocycles. The maximum absolute atomic E-state index is 2.97. The molecule has 0 nitrogen and oxygen atoms in total. The van der Waals surface area contributed by atoms with Crippen LogP contribution in [-0.2, 0) is 17.1 Å². The van der Waals surface area contributed by atoms with Crippen LogP contribution >= 0.6 is 24.8 Å². The SMILES string of the molecule is CC1=CC[C]([Hf]([CH3])([CH3])(=[SiH2])[C]2=C(C)C(C)=CC2)=C1C.Cl.Cl. The molecule has 0 atom stereocenters. The zero-order chi connectivity index (χ0) is 13.7. The van der Waals surface area contributed by atoms with Gasteiger partial charge < -0.3 is 0 Å². The van der Waals surface area contributed by atoms with E-state index in [0.717, 1.165) is 0 Å². The van der Waals surface area contributed by atoms with Crippen molar-refractivity contribution in [3.63, 3.8) is 0 Å². The van der Waals surface area contributed by atoms with Crippen molar-refractivity contribution in [3.8, 4) is 0 Å². The van der Waals surface area contributed by atoms with E-state index in [9.17, 15) is 0 Å². The first kappa shape index (κ1) is 20.6. The van der Waals surface area contributed by atoms with E-state index in [-0.39, 0.29) is 24.8 Å². The van der Waals surface area contributed by atoms with Gasteiger partial charge >= 0.3 is 115 Å². The summed E-state index contributed by atoms with van der Waals surface area (Å²) in [6.45, 7) is 11.6. The molecule has 0 aromatic carbocycles. The molecule has 114 valence electrons. The number of allylic oxidation sites excluding steroid dienone is 8. The molecule has 0 bridgehead atoms. The molecule has 2 aliphatic rings. The fraction of sp³-hybridized carbons (Fsp3) is 0.500. The van der Waals surface area contributed by atoms with Crippen LogP contribution in [0.5, 0.6) is 0 Å². The van der Waals surface area contributed by atoms with Gasteiger partial charge in [-0.25, -0.2) is 0 Å². The maximum Gasteiger partial charge on any atom is -0.147 e. The van der Waals surface area contributed by atoms with Crippen molar-refractivity contribution in [2.45, 2.75) is 49.9 Å². The molecule has 0 heterocycles. The Labute approximate surface area is 139 Å². The number of hydrogen-bond donors (Lipinski definition) is 0. The minimum Gasteiger partial charge on any atom is -0.147 e. The molecule has 0 amide bonds. The molecule has 4 heteroatoms. The Morgan fingerprint density at radius 1 is 0.800 bits per heavy atom. The third kappa shape index (κ3) is 3.19.